The smallest absolute Gasteiger partial charge is 0.432 e. The molecule has 146 valence electrons. The van der Waals surface area contributed by atoms with Gasteiger partial charge in [-0.15, -0.1) is 0 Å². The maximum absolute atomic E-state index is 13.3. The Morgan fingerprint density at radius 2 is 1.73 bits per heavy atom. The Kier molecular flexibility index (Phi) is 6.71. The third-order valence-electron chi connectivity index (χ3n) is 2.80. The molecule has 6 nitrogen and oxygen atoms in total. The molecule has 0 saturated heterocycles. The summed E-state index contributed by atoms with van der Waals surface area (Å²) >= 11 is 0. The molecule has 1 atom stereocenters. The van der Waals surface area contributed by atoms with Gasteiger partial charge in [0.2, 0.25) is 0 Å². The molecule has 1 N–H and O–H groups in total. The van der Waals surface area contributed by atoms with Gasteiger partial charge in [0.1, 0.15) is 5.75 Å². The lowest BCUT2D eigenvalue weighted by atomic mass is 10.2. The van der Waals surface area contributed by atoms with Gasteiger partial charge < -0.3 is 9.47 Å². The van der Waals surface area contributed by atoms with Crippen molar-refractivity contribution in [1.82, 2.24) is 0 Å². The minimum atomic E-state index is -6.49. The molecule has 1 unspecified atom stereocenters. The van der Waals surface area contributed by atoms with E-state index in [0.29, 0.717) is 6.42 Å². The quantitative estimate of drug-likeness (QED) is 0.324. The van der Waals surface area contributed by atoms with Crippen LogP contribution in [0.4, 0.5) is 22.0 Å². The highest BCUT2D eigenvalue weighted by molar-refractivity contribution is 7.86. The fourth-order valence-electron chi connectivity index (χ4n) is 1.53. The zero-order valence-corrected chi connectivity index (χ0v) is 13.9. The molecule has 1 aromatic carbocycles. The number of carbonyl (C=O) groups is 1. The molecular formula is C14H13F5O6S. The van der Waals surface area contributed by atoms with E-state index in [1.54, 1.807) is 6.08 Å². The first-order valence-electron chi connectivity index (χ1n) is 6.85. The average molecular weight is 404 g/mol. The summed E-state index contributed by atoms with van der Waals surface area (Å²) in [5.41, 5.74) is -0.572. The number of hydrogen-bond acceptors (Lipinski definition) is 5. The minimum Gasteiger partial charge on any atom is -0.465 e. The molecular weight excluding hydrogens is 391 g/mol. The Labute approximate surface area is 145 Å². The van der Waals surface area contributed by atoms with E-state index in [1.807, 2.05) is 6.92 Å². The van der Waals surface area contributed by atoms with Gasteiger partial charge in [-0.25, -0.2) is 4.79 Å². The summed E-state index contributed by atoms with van der Waals surface area (Å²) in [6.07, 6.45) is -6.71. The first-order valence-corrected chi connectivity index (χ1v) is 8.29. The van der Waals surface area contributed by atoms with Gasteiger partial charge in [-0.3, -0.25) is 4.55 Å². The minimum absolute atomic E-state index is 0.196. The number of rotatable bonds is 7. The second-order valence-electron chi connectivity index (χ2n) is 4.79. The second kappa shape index (κ2) is 7.99. The molecule has 0 fully saturated rings. The highest BCUT2D eigenvalue weighted by Crippen LogP contribution is 2.38. The first-order chi connectivity index (χ1) is 11.8. The van der Waals surface area contributed by atoms with Crippen LogP contribution in [0.1, 0.15) is 23.7 Å². The summed E-state index contributed by atoms with van der Waals surface area (Å²) in [7, 11) is -6.49. The van der Waals surface area contributed by atoms with Crippen LogP contribution in [0.5, 0.6) is 5.75 Å². The monoisotopic (exact) mass is 404 g/mol. The maximum atomic E-state index is 13.3. The topological polar surface area (TPSA) is 89.9 Å². The average Bonchev–Trinajstić information content (AvgIpc) is 2.51. The van der Waals surface area contributed by atoms with Crippen LogP contribution in [0.3, 0.4) is 0 Å². The van der Waals surface area contributed by atoms with Crippen LogP contribution < -0.4 is 4.74 Å². The van der Waals surface area contributed by atoms with Crippen LogP contribution in [-0.4, -0.2) is 36.5 Å². The lowest BCUT2D eigenvalue weighted by Crippen LogP contribution is -2.52. The van der Waals surface area contributed by atoms with Gasteiger partial charge in [0.05, 0.1) is 11.8 Å². The Morgan fingerprint density at radius 3 is 2.15 bits per heavy atom. The molecule has 0 spiro atoms. The van der Waals surface area contributed by atoms with E-state index in [4.69, 9.17) is 9.29 Å². The Balaban J connectivity index is 3.03. The second-order valence-corrected chi connectivity index (χ2v) is 6.28. The zero-order valence-electron chi connectivity index (χ0n) is 13.0. The molecule has 0 radical (unpaired) electrons. The number of hydrogen-bond donors (Lipinski definition) is 1. The Bertz CT molecular complexity index is 755. The normalized spacial score (nSPS) is 14.3. The molecule has 0 amide bonds. The van der Waals surface area contributed by atoms with Crippen molar-refractivity contribution < 1.29 is 49.2 Å². The van der Waals surface area contributed by atoms with Crippen LogP contribution in [0, 0.1) is 0 Å². The van der Waals surface area contributed by atoms with Crippen molar-refractivity contribution in [1.29, 1.82) is 0 Å². The third kappa shape index (κ3) is 5.39. The Hall–Kier alpha value is -2.21. The number of esters is 1. The lowest BCUT2D eigenvalue weighted by Gasteiger charge is -2.26. The highest BCUT2D eigenvalue weighted by Gasteiger charge is 2.66. The van der Waals surface area contributed by atoms with Crippen LogP contribution in [0.2, 0.25) is 0 Å². The largest absolute Gasteiger partial charge is 0.465 e. The predicted octanol–water partition coefficient (Wildman–Crippen LogP) is 3.56. The van der Waals surface area contributed by atoms with E-state index in [1.165, 1.54) is 6.26 Å². The van der Waals surface area contributed by atoms with Gasteiger partial charge in [-0.2, -0.15) is 30.4 Å². The number of allylic oxidation sites excluding steroid dienone is 1. The summed E-state index contributed by atoms with van der Waals surface area (Å²) in [5.74, 6) is -1.67. The van der Waals surface area contributed by atoms with Gasteiger partial charge in [0.25, 0.3) is 6.10 Å². The molecule has 0 aromatic heterocycles. The van der Waals surface area contributed by atoms with Crippen LogP contribution in [0.25, 0.3) is 0 Å². The summed E-state index contributed by atoms with van der Waals surface area (Å²) in [6.45, 7) is 1.83. The van der Waals surface area contributed by atoms with Crippen molar-refractivity contribution in [3.05, 3.63) is 42.2 Å². The summed E-state index contributed by atoms with van der Waals surface area (Å²) in [6, 6.07) is 4.16. The van der Waals surface area contributed by atoms with Crippen LogP contribution >= 0.6 is 0 Å². The highest BCUT2D eigenvalue weighted by atomic mass is 32.2. The molecule has 1 rings (SSSR count). The van der Waals surface area contributed by atoms with E-state index in [-0.39, 0.29) is 5.75 Å². The first kappa shape index (κ1) is 21.8. The summed E-state index contributed by atoms with van der Waals surface area (Å²) < 4.78 is 103. The molecule has 26 heavy (non-hydrogen) atoms. The molecule has 0 aliphatic rings. The SMILES string of the molecule is CCC=COc1ccc(C(=O)OC(C(F)(F)F)C(F)(F)S(=O)(=O)O)cc1. The maximum Gasteiger partial charge on any atom is 0.432 e. The van der Waals surface area contributed by atoms with Gasteiger partial charge in [0, 0.05) is 0 Å². The van der Waals surface area contributed by atoms with Crippen molar-refractivity contribution in [2.45, 2.75) is 30.9 Å². The van der Waals surface area contributed by atoms with E-state index >= 15 is 0 Å². The van der Waals surface area contributed by atoms with E-state index in [2.05, 4.69) is 4.74 Å². The number of benzene rings is 1. The number of halogens is 5. The molecule has 0 heterocycles. The summed E-state index contributed by atoms with van der Waals surface area (Å²) in [5, 5.41) is -5.78. The van der Waals surface area contributed by atoms with Gasteiger partial charge in [0.15, 0.2) is 0 Å². The van der Waals surface area contributed by atoms with Gasteiger partial charge >= 0.3 is 27.5 Å². The van der Waals surface area contributed by atoms with Crippen molar-refractivity contribution in [3.63, 3.8) is 0 Å². The van der Waals surface area contributed by atoms with E-state index < -0.39 is 39.2 Å². The molecule has 0 aliphatic carbocycles. The van der Waals surface area contributed by atoms with Crippen LogP contribution in [-0.2, 0) is 14.9 Å². The summed E-state index contributed by atoms with van der Waals surface area (Å²) in [4.78, 5) is 11.7. The van der Waals surface area contributed by atoms with E-state index in [0.717, 1.165) is 24.3 Å². The molecule has 0 aliphatic heterocycles. The zero-order chi connectivity index (χ0) is 20.2. The number of alkyl halides is 5. The molecule has 1 aromatic rings. The van der Waals surface area contributed by atoms with Crippen molar-refractivity contribution in [3.8, 4) is 5.75 Å². The van der Waals surface area contributed by atoms with Crippen LogP contribution in [0.15, 0.2) is 36.6 Å². The van der Waals surface area contributed by atoms with Gasteiger partial charge in [-0.05, 0) is 36.8 Å². The fourth-order valence-corrected chi connectivity index (χ4v) is 1.98. The Morgan fingerprint density at radius 1 is 1.19 bits per heavy atom. The predicted molar refractivity (Wildman–Crippen MR) is 78.3 cm³/mol. The number of ether oxygens (including phenoxy) is 2. The lowest BCUT2D eigenvalue weighted by molar-refractivity contribution is -0.248. The molecule has 12 heteroatoms. The van der Waals surface area contributed by atoms with Crippen molar-refractivity contribution in [2.75, 3.05) is 0 Å². The molecule has 0 bridgehead atoms. The van der Waals surface area contributed by atoms with Crippen molar-refractivity contribution >= 4 is 16.1 Å². The third-order valence-corrected chi connectivity index (χ3v) is 3.70. The number of carbonyl (C=O) groups excluding carboxylic acids is 1. The standard InChI is InChI=1S/C14H13F5O6S/c1-2-3-8-24-10-6-4-9(5-7-10)11(20)25-12(13(15,16)17)14(18,19)26(21,22)23/h3-8,12H,2H2,1H3,(H,21,22,23). The van der Waals surface area contributed by atoms with Gasteiger partial charge in [-0.1, -0.05) is 6.92 Å². The molecule has 0 saturated carbocycles. The fraction of sp³-hybridized carbons (Fsp3) is 0.357. The van der Waals surface area contributed by atoms with E-state index in [9.17, 15) is 35.2 Å². The van der Waals surface area contributed by atoms with Crippen molar-refractivity contribution in [2.24, 2.45) is 0 Å².